The second-order valence-electron chi connectivity index (χ2n) is 6.70. The number of ketones is 1. The van der Waals surface area contributed by atoms with Gasteiger partial charge < -0.3 is 5.32 Å². The van der Waals surface area contributed by atoms with Gasteiger partial charge in [-0.2, -0.15) is 0 Å². The maximum Gasteiger partial charge on any atom is 0.193 e. The molecule has 26 heavy (non-hydrogen) atoms. The number of carbonyl (C=O) groups is 1. The summed E-state index contributed by atoms with van der Waals surface area (Å²) in [6.45, 7) is 2.09. The number of carbonyl (C=O) groups excluding carboxylic acids is 1. The lowest BCUT2D eigenvalue weighted by Gasteiger charge is -2.17. The molecule has 0 saturated carbocycles. The van der Waals surface area contributed by atoms with Gasteiger partial charge in [0.1, 0.15) is 0 Å². The molecule has 1 aliphatic heterocycles. The fraction of sp³-hybridized carbons (Fsp3) is 0.0870. The van der Waals surface area contributed by atoms with Crippen molar-refractivity contribution in [1.29, 1.82) is 0 Å². The van der Waals surface area contributed by atoms with E-state index in [9.17, 15) is 4.79 Å². The molecule has 2 aliphatic rings. The predicted molar refractivity (Wildman–Crippen MR) is 108 cm³/mol. The van der Waals surface area contributed by atoms with Crippen LogP contribution in [-0.4, -0.2) is 5.78 Å². The van der Waals surface area contributed by atoms with Crippen LogP contribution in [0.2, 0.25) is 0 Å². The minimum atomic E-state index is -0.0269. The molecule has 3 heteroatoms. The van der Waals surface area contributed by atoms with Crippen LogP contribution in [0.4, 0.5) is 5.69 Å². The van der Waals surface area contributed by atoms with Gasteiger partial charge in [-0.15, -0.1) is 11.8 Å². The van der Waals surface area contributed by atoms with Crippen molar-refractivity contribution in [3.63, 3.8) is 0 Å². The molecule has 1 atom stereocenters. The van der Waals surface area contributed by atoms with Crippen LogP contribution < -0.4 is 5.32 Å². The Hall–Kier alpha value is -2.78. The molecule has 0 saturated heterocycles. The van der Waals surface area contributed by atoms with Gasteiger partial charge in [0.15, 0.2) is 5.78 Å². The van der Waals surface area contributed by atoms with Crippen molar-refractivity contribution in [2.75, 3.05) is 5.32 Å². The second-order valence-corrected chi connectivity index (χ2v) is 7.84. The van der Waals surface area contributed by atoms with E-state index in [0.29, 0.717) is 0 Å². The van der Waals surface area contributed by atoms with Crippen molar-refractivity contribution in [3.8, 4) is 0 Å². The van der Waals surface area contributed by atoms with Crippen LogP contribution in [0.3, 0.4) is 0 Å². The third-order valence-corrected chi connectivity index (χ3v) is 6.31. The monoisotopic (exact) mass is 355 g/mol. The van der Waals surface area contributed by atoms with E-state index in [0.717, 1.165) is 28.1 Å². The molecule has 3 aromatic carbocycles. The van der Waals surface area contributed by atoms with Gasteiger partial charge in [-0.1, -0.05) is 66.2 Å². The number of benzene rings is 3. The average molecular weight is 355 g/mol. The molecule has 0 amide bonds. The van der Waals surface area contributed by atoms with E-state index in [1.807, 2.05) is 36.4 Å². The molecular formula is C23H17NOS. The molecule has 0 spiro atoms. The van der Waals surface area contributed by atoms with Crippen molar-refractivity contribution >= 4 is 28.9 Å². The predicted octanol–water partition coefficient (Wildman–Crippen LogP) is 5.86. The number of fused-ring (bicyclic) bond motifs is 3. The van der Waals surface area contributed by atoms with Crippen LogP contribution in [0.15, 0.2) is 83.3 Å². The third kappa shape index (κ3) is 2.31. The summed E-state index contributed by atoms with van der Waals surface area (Å²) in [6, 6.07) is 24.7. The van der Waals surface area contributed by atoms with Gasteiger partial charge >= 0.3 is 0 Å². The Morgan fingerprint density at radius 3 is 2.50 bits per heavy atom. The fourth-order valence-corrected chi connectivity index (χ4v) is 5.03. The maximum atomic E-state index is 13.3. The number of rotatable bonds is 1. The molecular weight excluding hydrogens is 338 g/mol. The Labute approximate surface area is 157 Å². The molecule has 1 aliphatic carbocycles. The van der Waals surface area contributed by atoms with Crippen LogP contribution in [0.25, 0.3) is 5.70 Å². The van der Waals surface area contributed by atoms with Crippen molar-refractivity contribution in [2.24, 2.45) is 0 Å². The van der Waals surface area contributed by atoms with E-state index >= 15 is 0 Å². The van der Waals surface area contributed by atoms with Gasteiger partial charge in [0, 0.05) is 21.6 Å². The fourth-order valence-electron chi connectivity index (χ4n) is 3.75. The van der Waals surface area contributed by atoms with Gasteiger partial charge in [0.2, 0.25) is 0 Å². The number of aryl methyl sites for hydroxylation is 1. The zero-order valence-corrected chi connectivity index (χ0v) is 15.1. The molecule has 1 heterocycles. The lowest BCUT2D eigenvalue weighted by atomic mass is 9.99. The summed E-state index contributed by atoms with van der Waals surface area (Å²) in [5.41, 5.74) is 7.04. The van der Waals surface area contributed by atoms with Gasteiger partial charge in [-0.25, -0.2) is 0 Å². The molecule has 0 fully saturated rings. The highest BCUT2D eigenvalue weighted by Gasteiger charge is 2.37. The molecule has 5 rings (SSSR count). The van der Waals surface area contributed by atoms with Crippen molar-refractivity contribution in [2.45, 2.75) is 17.1 Å². The number of thioether (sulfide) groups is 1. The zero-order chi connectivity index (χ0) is 17.7. The number of hydrogen-bond donors (Lipinski definition) is 1. The number of Topliss-reactive ketones (excluding diaryl/α,β-unsaturated/α-hetero) is 1. The van der Waals surface area contributed by atoms with Crippen molar-refractivity contribution in [1.82, 2.24) is 0 Å². The van der Waals surface area contributed by atoms with Crippen molar-refractivity contribution < 1.29 is 4.79 Å². The Morgan fingerprint density at radius 2 is 1.65 bits per heavy atom. The first kappa shape index (κ1) is 15.5. The first-order valence-electron chi connectivity index (χ1n) is 8.70. The summed E-state index contributed by atoms with van der Waals surface area (Å²) in [5, 5.41) is 3.53. The molecule has 3 aromatic rings. The summed E-state index contributed by atoms with van der Waals surface area (Å²) in [6.07, 6.45) is 0. The highest BCUT2D eigenvalue weighted by atomic mass is 32.2. The SMILES string of the molecule is Cc1cccc([C@@H]2Sc3ccccc3NC3=C2C(=O)c2ccccc23)c1. The highest BCUT2D eigenvalue weighted by Crippen LogP contribution is 2.52. The topological polar surface area (TPSA) is 29.1 Å². The average Bonchev–Trinajstić information content (AvgIpc) is 2.83. The van der Waals surface area contributed by atoms with E-state index in [1.165, 1.54) is 16.0 Å². The summed E-state index contributed by atoms with van der Waals surface area (Å²) in [7, 11) is 0. The largest absolute Gasteiger partial charge is 0.354 e. The van der Waals surface area contributed by atoms with E-state index in [2.05, 4.69) is 48.6 Å². The summed E-state index contributed by atoms with van der Waals surface area (Å²) in [5.74, 6) is 0.134. The lowest BCUT2D eigenvalue weighted by Crippen LogP contribution is -2.07. The van der Waals surface area contributed by atoms with Gasteiger partial charge in [0.05, 0.1) is 16.6 Å². The minimum absolute atomic E-state index is 0.0269. The Balaban J connectivity index is 1.76. The normalized spacial score (nSPS) is 17.9. The van der Waals surface area contributed by atoms with Gasteiger partial charge in [-0.05, 0) is 24.6 Å². The van der Waals surface area contributed by atoms with Crippen LogP contribution in [-0.2, 0) is 0 Å². The molecule has 126 valence electrons. The van der Waals surface area contributed by atoms with Crippen LogP contribution in [0.1, 0.15) is 32.3 Å². The molecule has 0 bridgehead atoms. The molecule has 0 aromatic heterocycles. The molecule has 0 unspecified atom stereocenters. The highest BCUT2D eigenvalue weighted by molar-refractivity contribution is 8.00. The summed E-state index contributed by atoms with van der Waals surface area (Å²) in [4.78, 5) is 14.5. The lowest BCUT2D eigenvalue weighted by molar-refractivity contribution is 0.103. The van der Waals surface area contributed by atoms with Crippen LogP contribution in [0, 0.1) is 6.92 Å². The van der Waals surface area contributed by atoms with Gasteiger partial charge in [0.25, 0.3) is 0 Å². The second kappa shape index (κ2) is 5.89. The maximum absolute atomic E-state index is 13.3. The molecule has 2 nitrogen and oxygen atoms in total. The summed E-state index contributed by atoms with van der Waals surface area (Å²) >= 11 is 1.75. The number of nitrogens with one attached hydrogen (secondary N) is 1. The minimum Gasteiger partial charge on any atom is -0.354 e. The van der Waals surface area contributed by atoms with E-state index < -0.39 is 0 Å². The van der Waals surface area contributed by atoms with Crippen molar-refractivity contribution in [3.05, 3.63) is 101 Å². The van der Waals surface area contributed by atoms with Crippen LogP contribution >= 0.6 is 11.8 Å². The van der Waals surface area contributed by atoms with E-state index in [-0.39, 0.29) is 11.0 Å². The van der Waals surface area contributed by atoms with Crippen LogP contribution in [0.5, 0.6) is 0 Å². The van der Waals surface area contributed by atoms with E-state index in [1.54, 1.807) is 11.8 Å². The Morgan fingerprint density at radius 1 is 0.885 bits per heavy atom. The standard InChI is InChI=1S/C23H17NOS/c1-14-7-6-8-15(13-14)23-20-21(16-9-2-3-10-17(16)22(20)25)24-18-11-4-5-12-19(18)26-23/h2-13,23-24H,1H3/t23-/m0/s1. The third-order valence-electron chi connectivity index (χ3n) is 4.95. The van der Waals surface area contributed by atoms with E-state index in [4.69, 9.17) is 0 Å². The summed E-state index contributed by atoms with van der Waals surface area (Å²) < 4.78 is 0. The molecule has 0 radical (unpaired) electrons. The Kier molecular flexibility index (Phi) is 3.50. The number of para-hydroxylation sites is 1. The van der Waals surface area contributed by atoms with Gasteiger partial charge in [-0.3, -0.25) is 4.79 Å². The smallest absolute Gasteiger partial charge is 0.193 e. The number of anilines is 1. The first-order chi connectivity index (χ1) is 12.7. The zero-order valence-electron chi connectivity index (χ0n) is 14.3. The number of hydrogen-bond acceptors (Lipinski definition) is 3. The molecule has 1 N–H and O–H groups in total. The quantitative estimate of drug-likeness (QED) is 0.592. The Bertz CT molecular complexity index is 1080. The first-order valence-corrected chi connectivity index (χ1v) is 9.58.